The number of amides is 1. The zero-order valence-electron chi connectivity index (χ0n) is 19.1. The summed E-state index contributed by atoms with van der Waals surface area (Å²) in [4.78, 5) is 24.5. The molecule has 2 heterocycles. The van der Waals surface area contributed by atoms with Crippen molar-refractivity contribution in [1.29, 1.82) is 5.26 Å². The molecule has 0 aliphatic rings. The third-order valence-corrected chi connectivity index (χ3v) is 5.62. The number of hydrogen-bond donors (Lipinski definition) is 1. The molecule has 0 atom stereocenters. The van der Waals surface area contributed by atoms with E-state index in [4.69, 9.17) is 9.15 Å². The van der Waals surface area contributed by atoms with Crippen LogP contribution in [0.5, 0.6) is 0 Å². The van der Waals surface area contributed by atoms with Gasteiger partial charge < -0.3 is 19.0 Å². The fourth-order valence-electron chi connectivity index (χ4n) is 3.68. The molecule has 0 spiro atoms. The van der Waals surface area contributed by atoms with Crippen molar-refractivity contribution in [3.05, 3.63) is 94.6 Å². The quantitative estimate of drug-likeness (QED) is 0.245. The Morgan fingerprint density at radius 3 is 2.65 bits per heavy atom. The van der Waals surface area contributed by atoms with Gasteiger partial charge in [0.25, 0.3) is 5.91 Å². The molecule has 7 nitrogen and oxygen atoms in total. The van der Waals surface area contributed by atoms with Crippen LogP contribution in [-0.4, -0.2) is 23.6 Å². The van der Waals surface area contributed by atoms with Gasteiger partial charge in [-0.15, -0.1) is 0 Å². The fraction of sp³-hybridized carbons (Fsp3) is 0.148. The van der Waals surface area contributed by atoms with Crippen LogP contribution in [0.25, 0.3) is 17.0 Å². The minimum Gasteiger partial charge on any atom is -0.463 e. The summed E-state index contributed by atoms with van der Waals surface area (Å²) >= 11 is 0. The second-order valence-electron chi connectivity index (χ2n) is 7.91. The second kappa shape index (κ2) is 9.51. The average Bonchev–Trinajstić information content (AvgIpc) is 3.44. The Balaban J connectivity index is 1.64. The molecule has 170 valence electrons. The number of fused-ring (bicyclic) bond motifs is 1. The molecule has 1 amide bonds. The first-order chi connectivity index (χ1) is 16.4. The van der Waals surface area contributed by atoms with Crippen molar-refractivity contribution in [1.82, 2.24) is 4.57 Å². The summed E-state index contributed by atoms with van der Waals surface area (Å²) in [5, 5.41) is 13.4. The number of hydrogen-bond acceptors (Lipinski definition) is 5. The topological polar surface area (TPSA) is 97.3 Å². The van der Waals surface area contributed by atoms with Gasteiger partial charge in [-0.05, 0) is 61.4 Å². The zero-order chi connectivity index (χ0) is 24.2. The summed E-state index contributed by atoms with van der Waals surface area (Å²) < 4.78 is 12.2. The van der Waals surface area contributed by atoms with Crippen molar-refractivity contribution in [2.75, 3.05) is 12.4 Å². The van der Waals surface area contributed by atoms with Gasteiger partial charge in [0.2, 0.25) is 5.76 Å². The van der Waals surface area contributed by atoms with Gasteiger partial charge in [-0.2, -0.15) is 5.26 Å². The number of methoxy groups -OCH3 is 1. The molecule has 2 aromatic heterocycles. The highest BCUT2D eigenvalue weighted by molar-refractivity contribution is 6.10. The highest BCUT2D eigenvalue weighted by atomic mass is 16.5. The van der Waals surface area contributed by atoms with Gasteiger partial charge in [-0.1, -0.05) is 24.3 Å². The Hall–Kier alpha value is -4.57. The maximum atomic E-state index is 12.8. The number of nitrogens with one attached hydrogen (secondary N) is 1. The lowest BCUT2D eigenvalue weighted by Crippen LogP contribution is -2.13. The first kappa shape index (κ1) is 22.6. The zero-order valence-corrected chi connectivity index (χ0v) is 19.1. The molecule has 2 aromatic carbocycles. The lowest BCUT2D eigenvalue weighted by molar-refractivity contribution is -0.112. The van der Waals surface area contributed by atoms with Crippen LogP contribution in [0.15, 0.2) is 70.8 Å². The van der Waals surface area contributed by atoms with E-state index in [1.807, 2.05) is 73.1 Å². The lowest BCUT2D eigenvalue weighted by atomic mass is 10.1. The van der Waals surface area contributed by atoms with Crippen LogP contribution < -0.4 is 5.32 Å². The Morgan fingerprint density at radius 2 is 1.91 bits per heavy atom. The van der Waals surface area contributed by atoms with E-state index in [-0.39, 0.29) is 11.3 Å². The number of rotatable bonds is 6. The number of aryl methyl sites for hydroxylation is 2. The normalized spacial score (nSPS) is 11.3. The number of furan rings is 1. The molecule has 4 rings (SSSR count). The highest BCUT2D eigenvalue weighted by Crippen LogP contribution is 2.25. The number of nitriles is 1. The summed E-state index contributed by atoms with van der Waals surface area (Å²) in [6.07, 6.45) is 3.43. The van der Waals surface area contributed by atoms with Crippen molar-refractivity contribution in [3.8, 4) is 6.07 Å². The van der Waals surface area contributed by atoms with Gasteiger partial charge in [0.1, 0.15) is 17.4 Å². The van der Waals surface area contributed by atoms with Gasteiger partial charge in [-0.3, -0.25) is 4.79 Å². The van der Waals surface area contributed by atoms with E-state index in [1.165, 1.54) is 7.11 Å². The molecule has 34 heavy (non-hydrogen) atoms. The van der Waals surface area contributed by atoms with Crippen LogP contribution in [0.3, 0.4) is 0 Å². The van der Waals surface area contributed by atoms with Gasteiger partial charge in [0, 0.05) is 28.4 Å². The third kappa shape index (κ3) is 4.62. The SMILES string of the molecule is COC(=O)c1ccc(Cn2cc(/C=C(/C#N)C(=O)Nc3ccc(C)c(C)c3)c3ccccc32)o1. The molecule has 0 bridgehead atoms. The summed E-state index contributed by atoms with van der Waals surface area (Å²) in [7, 11) is 1.30. The van der Waals surface area contributed by atoms with Crippen LogP contribution in [0.4, 0.5) is 5.69 Å². The molecule has 0 fully saturated rings. The number of anilines is 1. The Kier molecular flexibility index (Phi) is 6.33. The Labute approximate surface area is 196 Å². The van der Waals surface area contributed by atoms with Crippen molar-refractivity contribution >= 4 is 34.5 Å². The van der Waals surface area contributed by atoms with Crippen molar-refractivity contribution < 1.29 is 18.7 Å². The molecule has 0 unspecified atom stereocenters. The van der Waals surface area contributed by atoms with E-state index >= 15 is 0 Å². The predicted molar refractivity (Wildman–Crippen MR) is 129 cm³/mol. The number of para-hydroxylation sites is 1. The van der Waals surface area contributed by atoms with E-state index in [0.29, 0.717) is 18.0 Å². The van der Waals surface area contributed by atoms with E-state index < -0.39 is 11.9 Å². The lowest BCUT2D eigenvalue weighted by Gasteiger charge is -2.07. The summed E-state index contributed by atoms with van der Waals surface area (Å²) in [5.41, 5.74) is 4.43. The molecule has 0 saturated heterocycles. The van der Waals surface area contributed by atoms with Gasteiger partial charge in [0.15, 0.2) is 0 Å². The number of benzene rings is 2. The standard InChI is InChI=1S/C27H23N3O4/c1-17-8-9-21(12-18(17)2)29-26(31)19(14-28)13-20-15-30(24-7-5-4-6-23(20)24)16-22-10-11-25(34-22)27(32)33-3/h4-13,15H,16H2,1-3H3,(H,29,31)/b19-13-. The minimum absolute atomic E-state index is 0.00731. The summed E-state index contributed by atoms with van der Waals surface area (Å²) in [6.45, 7) is 4.33. The number of nitrogens with zero attached hydrogens (tertiary/aromatic N) is 2. The van der Waals surface area contributed by atoms with Gasteiger partial charge in [-0.25, -0.2) is 4.79 Å². The predicted octanol–water partition coefficient (Wildman–Crippen LogP) is 5.23. The summed E-state index contributed by atoms with van der Waals surface area (Å²) in [5.74, 6) is -0.314. The van der Waals surface area contributed by atoms with Gasteiger partial charge >= 0.3 is 5.97 Å². The molecule has 0 saturated carbocycles. The first-order valence-electron chi connectivity index (χ1n) is 10.6. The Morgan fingerprint density at radius 1 is 1.12 bits per heavy atom. The Bertz CT molecular complexity index is 1470. The maximum absolute atomic E-state index is 12.8. The molecule has 0 aliphatic carbocycles. The van der Waals surface area contributed by atoms with E-state index in [0.717, 1.165) is 27.6 Å². The molecular weight excluding hydrogens is 430 g/mol. The molecule has 7 heteroatoms. The monoisotopic (exact) mass is 453 g/mol. The highest BCUT2D eigenvalue weighted by Gasteiger charge is 2.15. The molecule has 0 aliphatic heterocycles. The molecular formula is C27H23N3O4. The largest absolute Gasteiger partial charge is 0.463 e. The maximum Gasteiger partial charge on any atom is 0.373 e. The number of carbonyl (C=O) groups excluding carboxylic acids is 2. The van der Waals surface area contributed by atoms with E-state index in [9.17, 15) is 14.9 Å². The van der Waals surface area contributed by atoms with Crippen molar-refractivity contribution in [3.63, 3.8) is 0 Å². The summed E-state index contributed by atoms with van der Waals surface area (Å²) in [6, 6.07) is 18.6. The van der Waals surface area contributed by atoms with Crippen molar-refractivity contribution in [2.24, 2.45) is 0 Å². The molecule has 1 N–H and O–H groups in total. The number of ether oxygens (including phenoxy) is 1. The average molecular weight is 453 g/mol. The number of carbonyl (C=O) groups is 2. The van der Waals surface area contributed by atoms with Crippen LogP contribution in [-0.2, 0) is 16.1 Å². The van der Waals surface area contributed by atoms with Gasteiger partial charge in [0.05, 0.1) is 13.7 Å². The second-order valence-corrected chi connectivity index (χ2v) is 7.91. The fourth-order valence-corrected chi connectivity index (χ4v) is 3.68. The minimum atomic E-state index is -0.541. The number of aromatic nitrogens is 1. The van der Waals surface area contributed by atoms with Crippen molar-refractivity contribution in [2.45, 2.75) is 20.4 Å². The number of esters is 1. The first-order valence-corrected chi connectivity index (χ1v) is 10.6. The van der Waals surface area contributed by atoms with E-state index in [2.05, 4.69) is 5.32 Å². The van der Waals surface area contributed by atoms with Crippen LogP contribution >= 0.6 is 0 Å². The molecule has 0 radical (unpaired) electrons. The van der Waals surface area contributed by atoms with E-state index in [1.54, 1.807) is 18.2 Å². The van der Waals surface area contributed by atoms with Crippen LogP contribution in [0.1, 0.15) is 33.0 Å². The van der Waals surface area contributed by atoms with Crippen LogP contribution in [0, 0.1) is 25.2 Å². The molecule has 4 aromatic rings. The third-order valence-electron chi connectivity index (χ3n) is 5.62. The van der Waals surface area contributed by atoms with Crippen LogP contribution in [0.2, 0.25) is 0 Å². The smallest absolute Gasteiger partial charge is 0.373 e.